The van der Waals surface area contributed by atoms with Gasteiger partial charge in [0, 0.05) is 6.04 Å². The summed E-state index contributed by atoms with van der Waals surface area (Å²) >= 11 is 1.77. The van der Waals surface area contributed by atoms with Gasteiger partial charge in [-0.3, -0.25) is 0 Å². The molecule has 1 amide bonds. The maximum atomic E-state index is 11.4. The largest absolute Gasteiger partial charge is 0.412 e. The molecule has 0 saturated heterocycles. The van der Waals surface area contributed by atoms with Crippen molar-refractivity contribution < 1.29 is 9.53 Å². The molecule has 0 saturated carbocycles. The van der Waals surface area contributed by atoms with Gasteiger partial charge in [0.25, 0.3) is 0 Å². The summed E-state index contributed by atoms with van der Waals surface area (Å²) in [5.41, 5.74) is 0. The van der Waals surface area contributed by atoms with E-state index in [1.807, 2.05) is 25.1 Å². The first-order valence-corrected chi connectivity index (χ1v) is 6.64. The smallest absolute Gasteiger partial charge is 0.410 e. The van der Waals surface area contributed by atoms with E-state index in [2.05, 4.69) is 11.6 Å². The number of amides is 1. The Hall–Kier alpha value is -1.16. The Morgan fingerprint density at radius 2 is 2.12 bits per heavy atom. The number of carbonyl (C=O) groups is 1. The van der Waals surface area contributed by atoms with E-state index >= 15 is 0 Å². The quantitative estimate of drug-likeness (QED) is 0.858. The molecule has 0 aliphatic rings. The lowest BCUT2D eigenvalue weighted by atomic mass is 10.3. The van der Waals surface area contributed by atoms with Crippen LogP contribution < -0.4 is 10.1 Å². The van der Waals surface area contributed by atoms with Crippen molar-refractivity contribution in [3.05, 3.63) is 30.3 Å². The Kier molecular flexibility index (Phi) is 5.78. The summed E-state index contributed by atoms with van der Waals surface area (Å²) < 4.78 is 5.11. The first-order chi connectivity index (χ1) is 7.72. The van der Waals surface area contributed by atoms with E-state index in [9.17, 15) is 4.79 Å². The van der Waals surface area contributed by atoms with E-state index in [0.717, 1.165) is 12.2 Å². The molecule has 1 unspecified atom stereocenters. The highest BCUT2D eigenvalue weighted by molar-refractivity contribution is 7.98. The second-order valence-electron chi connectivity index (χ2n) is 3.53. The number of hydrogen-bond acceptors (Lipinski definition) is 3. The fourth-order valence-electron chi connectivity index (χ4n) is 1.19. The number of rotatable bonds is 5. The van der Waals surface area contributed by atoms with Crippen LogP contribution in [0.1, 0.15) is 13.3 Å². The zero-order valence-corrected chi connectivity index (χ0v) is 10.4. The van der Waals surface area contributed by atoms with Crippen molar-refractivity contribution in [1.82, 2.24) is 5.32 Å². The third kappa shape index (κ3) is 5.07. The number of benzene rings is 1. The van der Waals surface area contributed by atoms with Gasteiger partial charge in [-0.15, -0.1) is 0 Å². The van der Waals surface area contributed by atoms with Crippen LogP contribution in [-0.2, 0) is 0 Å². The Morgan fingerprint density at radius 3 is 2.75 bits per heavy atom. The van der Waals surface area contributed by atoms with Gasteiger partial charge >= 0.3 is 6.09 Å². The number of para-hydroxylation sites is 1. The summed E-state index contributed by atoms with van der Waals surface area (Å²) in [4.78, 5) is 11.4. The van der Waals surface area contributed by atoms with E-state index in [1.165, 1.54) is 0 Å². The van der Waals surface area contributed by atoms with E-state index in [1.54, 1.807) is 23.9 Å². The van der Waals surface area contributed by atoms with Crippen LogP contribution in [0.3, 0.4) is 0 Å². The maximum absolute atomic E-state index is 11.4. The summed E-state index contributed by atoms with van der Waals surface area (Å²) in [6.45, 7) is 1.97. The molecule has 1 N–H and O–H groups in total. The van der Waals surface area contributed by atoms with Crippen molar-refractivity contribution in [3.63, 3.8) is 0 Å². The Balaban J connectivity index is 2.31. The fourth-order valence-corrected chi connectivity index (χ4v) is 1.78. The zero-order valence-electron chi connectivity index (χ0n) is 9.60. The van der Waals surface area contributed by atoms with Gasteiger partial charge in [0.2, 0.25) is 0 Å². The standard InChI is InChI=1S/C12H17NO2S/c1-10(8-9-16-2)13-12(14)15-11-6-4-3-5-7-11/h3-7,10H,8-9H2,1-2H3,(H,13,14). The number of thioether (sulfide) groups is 1. The van der Waals surface area contributed by atoms with Crippen molar-refractivity contribution in [2.45, 2.75) is 19.4 Å². The van der Waals surface area contributed by atoms with Crippen LogP contribution in [0.25, 0.3) is 0 Å². The topological polar surface area (TPSA) is 38.3 Å². The summed E-state index contributed by atoms with van der Waals surface area (Å²) in [6.07, 6.45) is 2.61. The maximum Gasteiger partial charge on any atom is 0.412 e. The second-order valence-corrected chi connectivity index (χ2v) is 4.52. The lowest BCUT2D eigenvalue weighted by Gasteiger charge is -2.12. The molecule has 0 heterocycles. The van der Waals surface area contributed by atoms with Gasteiger partial charge in [0.1, 0.15) is 5.75 Å². The van der Waals surface area contributed by atoms with Crippen LogP contribution in [0.2, 0.25) is 0 Å². The Labute approximate surface area is 101 Å². The van der Waals surface area contributed by atoms with Crippen molar-refractivity contribution >= 4 is 17.9 Å². The van der Waals surface area contributed by atoms with Gasteiger partial charge in [-0.05, 0) is 37.5 Å². The number of hydrogen-bond donors (Lipinski definition) is 1. The van der Waals surface area contributed by atoms with Crippen molar-refractivity contribution in [3.8, 4) is 5.75 Å². The fraction of sp³-hybridized carbons (Fsp3) is 0.417. The molecule has 0 spiro atoms. The van der Waals surface area contributed by atoms with Crippen molar-refractivity contribution in [1.29, 1.82) is 0 Å². The van der Waals surface area contributed by atoms with Gasteiger partial charge in [-0.2, -0.15) is 11.8 Å². The molecule has 1 aromatic carbocycles. The van der Waals surface area contributed by atoms with E-state index in [4.69, 9.17) is 4.74 Å². The summed E-state index contributed by atoms with van der Waals surface area (Å²) in [5.74, 6) is 1.60. The van der Waals surface area contributed by atoms with Gasteiger partial charge in [-0.1, -0.05) is 18.2 Å². The van der Waals surface area contributed by atoms with Crippen molar-refractivity contribution in [2.75, 3.05) is 12.0 Å². The molecule has 4 heteroatoms. The monoisotopic (exact) mass is 239 g/mol. The molecule has 0 radical (unpaired) electrons. The number of carbonyl (C=O) groups excluding carboxylic acids is 1. The molecule has 88 valence electrons. The van der Waals surface area contributed by atoms with Crippen LogP contribution in [0.15, 0.2) is 30.3 Å². The molecule has 16 heavy (non-hydrogen) atoms. The highest BCUT2D eigenvalue weighted by atomic mass is 32.2. The molecule has 1 rings (SSSR count). The first-order valence-electron chi connectivity index (χ1n) is 5.24. The van der Waals surface area contributed by atoms with Gasteiger partial charge in [0.05, 0.1) is 0 Å². The van der Waals surface area contributed by atoms with Crippen LogP contribution in [0.4, 0.5) is 4.79 Å². The molecule has 0 bridgehead atoms. The average molecular weight is 239 g/mol. The molecule has 0 aromatic heterocycles. The molecule has 0 fully saturated rings. The SMILES string of the molecule is CSCCC(C)NC(=O)Oc1ccccc1. The van der Waals surface area contributed by atoms with E-state index < -0.39 is 0 Å². The van der Waals surface area contributed by atoms with E-state index in [0.29, 0.717) is 5.75 Å². The molecular formula is C12H17NO2S. The molecule has 1 atom stereocenters. The Morgan fingerprint density at radius 1 is 1.44 bits per heavy atom. The predicted molar refractivity (Wildman–Crippen MR) is 68.1 cm³/mol. The van der Waals surface area contributed by atoms with Crippen molar-refractivity contribution in [2.24, 2.45) is 0 Å². The van der Waals surface area contributed by atoms with Gasteiger partial charge in [0.15, 0.2) is 0 Å². The Bertz CT molecular complexity index is 316. The van der Waals surface area contributed by atoms with Gasteiger partial charge in [-0.25, -0.2) is 4.79 Å². The highest BCUT2D eigenvalue weighted by Gasteiger charge is 2.08. The minimum atomic E-state index is -0.389. The lowest BCUT2D eigenvalue weighted by Crippen LogP contribution is -2.35. The third-order valence-electron chi connectivity index (χ3n) is 2.07. The minimum Gasteiger partial charge on any atom is -0.410 e. The third-order valence-corrected chi connectivity index (χ3v) is 2.72. The van der Waals surface area contributed by atoms with E-state index in [-0.39, 0.29) is 12.1 Å². The van der Waals surface area contributed by atoms with Gasteiger partial charge < -0.3 is 10.1 Å². The zero-order chi connectivity index (χ0) is 11.8. The van der Waals surface area contributed by atoms with Crippen LogP contribution in [0.5, 0.6) is 5.75 Å². The normalized spacial score (nSPS) is 11.9. The number of nitrogens with one attached hydrogen (secondary N) is 1. The number of ether oxygens (including phenoxy) is 1. The molecule has 3 nitrogen and oxygen atoms in total. The second kappa shape index (κ2) is 7.17. The average Bonchev–Trinajstić information content (AvgIpc) is 2.27. The predicted octanol–water partition coefficient (Wildman–Crippen LogP) is 2.92. The summed E-state index contributed by atoms with van der Waals surface area (Å²) in [7, 11) is 0. The van der Waals surface area contributed by atoms with Crippen LogP contribution in [0, 0.1) is 0 Å². The van der Waals surface area contributed by atoms with Crippen LogP contribution >= 0.6 is 11.8 Å². The highest BCUT2D eigenvalue weighted by Crippen LogP contribution is 2.08. The molecule has 0 aliphatic carbocycles. The minimum absolute atomic E-state index is 0.142. The molecule has 0 aliphatic heterocycles. The van der Waals surface area contributed by atoms with Crippen LogP contribution in [-0.4, -0.2) is 24.1 Å². The first kappa shape index (κ1) is 12.9. The summed E-state index contributed by atoms with van der Waals surface area (Å²) in [5, 5.41) is 2.79. The summed E-state index contributed by atoms with van der Waals surface area (Å²) in [6, 6.07) is 9.20. The molecule has 1 aromatic rings. The molecular weight excluding hydrogens is 222 g/mol. The lowest BCUT2D eigenvalue weighted by molar-refractivity contribution is 0.196.